The van der Waals surface area contributed by atoms with Gasteiger partial charge in [0, 0.05) is 12.5 Å². The van der Waals surface area contributed by atoms with Crippen molar-refractivity contribution in [3.63, 3.8) is 0 Å². The first-order chi connectivity index (χ1) is 13.1. The molecule has 0 radical (unpaired) electrons. The van der Waals surface area contributed by atoms with Crippen LogP contribution >= 0.6 is 0 Å². The predicted molar refractivity (Wildman–Crippen MR) is 118 cm³/mol. The summed E-state index contributed by atoms with van der Waals surface area (Å²) >= 11 is 0. The quantitative estimate of drug-likeness (QED) is 0.256. The Labute approximate surface area is 167 Å². The molecule has 27 heavy (non-hydrogen) atoms. The summed E-state index contributed by atoms with van der Waals surface area (Å²) < 4.78 is 0. The number of aliphatic hydroxyl groups excluding tert-OH is 1. The van der Waals surface area contributed by atoms with Crippen LogP contribution < -0.4 is 5.32 Å². The molecule has 0 spiro atoms. The van der Waals surface area contributed by atoms with Crippen LogP contribution in [0.25, 0.3) is 0 Å². The molecule has 1 amide bonds. The average molecular weight is 376 g/mol. The number of carbonyl (C=O) groups is 1. The number of hydrogen-bond acceptors (Lipinski definition) is 2. The van der Waals surface area contributed by atoms with Crippen LogP contribution in [-0.2, 0) is 4.79 Å². The van der Waals surface area contributed by atoms with Gasteiger partial charge in [0.1, 0.15) is 0 Å². The number of rotatable bonds is 16. The van der Waals surface area contributed by atoms with Gasteiger partial charge in [-0.2, -0.15) is 0 Å². The summed E-state index contributed by atoms with van der Waals surface area (Å²) in [7, 11) is 0. The maximum absolute atomic E-state index is 11.5. The number of amides is 1. The molecule has 0 rings (SSSR count). The lowest BCUT2D eigenvalue weighted by atomic mass is 10.1. The molecule has 154 valence electrons. The highest BCUT2D eigenvalue weighted by Crippen LogP contribution is 2.06. The molecule has 0 heterocycles. The first kappa shape index (κ1) is 25.4. The Hall–Kier alpha value is -1.61. The fourth-order valence-electron chi connectivity index (χ4n) is 2.51. The molecule has 0 aromatic rings. The molecule has 0 aliphatic heterocycles. The molecule has 0 aliphatic rings. The van der Waals surface area contributed by atoms with Gasteiger partial charge in [-0.1, -0.05) is 67.9 Å². The van der Waals surface area contributed by atoms with E-state index in [0.29, 0.717) is 6.42 Å². The zero-order valence-electron chi connectivity index (χ0n) is 17.8. The van der Waals surface area contributed by atoms with Crippen LogP contribution in [-0.4, -0.2) is 23.7 Å². The minimum Gasteiger partial charge on any atom is -0.394 e. The Balaban J connectivity index is 3.67. The summed E-state index contributed by atoms with van der Waals surface area (Å²) in [6, 6.07) is -0.155. The number of unbranched alkanes of at least 4 members (excludes halogenated alkanes) is 4. The average Bonchev–Trinajstić information content (AvgIpc) is 2.65. The zero-order chi connectivity index (χ0) is 20.2. The van der Waals surface area contributed by atoms with Gasteiger partial charge >= 0.3 is 0 Å². The topological polar surface area (TPSA) is 49.3 Å². The Morgan fingerprint density at radius 2 is 1.63 bits per heavy atom. The van der Waals surface area contributed by atoms with Crippen LogP contribution in [0, 0.1) is 0 Å². The van der Waals surface area contributed by atoms with Gasteiger partial charge in [0.15, 0.2) is 0 Å². The maximum atomic E-state index is 11.5. The number of carbonyl (C=O) groups excluding carboxylic acids is 1. The molecule has 0 bridgehead atoms. The highest BCUT2D eigenvalue weighted by atomic mass is 16.3. The van der Waals surface area contributed by atoms with Gasteiger partial charge < -0.3 is 10.4 Å². The highest BCUT2D eigenvalue weighted by molar-refractivity contribution is 5.76. The molecule has 0 saturated heterocycles. The van der Waals surface area contributed by atoms with Crippen LogP contribution in [0.15, 0.2) is 48.1 Å². The van der Waals surface area contributed by atoms with E-state index in [1.165, 1.54) is 31.3 Å². The highest BCUT2D eigenvalue weighted by Gasteiger charge is 2.04. The standard InChI is InChI=1S/C24H41NO2/c1-4-5-6-7-12-15-18-22(2)19-16-13-10-8-9-11-14-17-20-24(27)25-23(3)21-26/h9-13,15,19,23,26H,4-8,14,16-18,20-21H2,1-3H3,(H,25,27)/b11-9-,13-10-,15-12-,22-19-/t23-/m0/s1. The van der Waals surface area contributed by atoms with Crippen molar-refractivity contribution in [1.82, 2.24) is 5.32 Å². The third-order valence-electron chi connectivity index (χ3n) is 4.24. The summed E-state index contributed by atoms with van der Waals surface area (Å²) in [5.41, 5.74) is 1.43. The largest absolute Gasteiger partial charge is 0.394 e. The second-order valence-electron chi connectivity index (χ2n) is 7.18. The fraction of sp³-hybridized carbons (Fsp3) is 0.625. The Bertz CT molecular complexity index is 475. The summed E-state index contributed by atoms with van der Waals surface area (Å²) in [5, 5.41) is 11.6. The third-order valence-corrected chi connectivity index (χ3v) is 4.24. The maximum Gasteiger partial charge on any atom is 0.220 e. The number of allylic oxidation sites excluding steroid dienone is 8. The molecule has 3 nitrogen and oxygen atoms in total. The molecule has 3 heteroatoms. The monoisotopic (exact) mass is 375 g/mol. The smallest absolute Gasteiger partial charge is 0.220 e. The van der Waals surface area contributed by atoms with Crippen molar-refractivity contribution >= 4 is 5.91 Å². The van der Waals surface area contributed by atoms with Crippen LogP contribution in [0.4, 0.5) is 0 Å². The summed E-state index contributed by atoms with van der Waals surface area (Å²) in [6.07, 6.45) is 26.0. The van der Waals surface area contributed by atoms with Gasteiger partial charge in [0.2, 0.25) is 5.91 Å². The molecular formula is C24H41NO2. The van der Waals surface area contributed by atoms with Crippen molar-refractivity contribution in [3.8, 4) is 0 Å². The molecule has 0 aromatic carbocycles. The van der Waals surface area contributed by atoms with E-state index in [1.807, 2.05) is 0 Å². The van der Waals surface area contributed by atoms with Crippen molar-refractivity contribution in [3.05, 3.63) is 48.1 Å². The minimum atomic E-state index is -0.155. The molecule has 0 unspecified atom stereocenters. The van der Waals surface area contributed by atoms with Gasteiger partial charge in [-0.15, -0.1) is 0 Å². The van der Waals surface area contributed by atoms with E-state index in [2.05, 4.69) is 61.7 Å². The summed E-state index contributed by atoms with van der Waals surface area (Å²) in [6.45, 7) is 6.22. The number of aliphatic hydroxyl groups is 1. The first-order valence-corrected chi connectivity index (χ1v) is 10.6. The van der Waals surface area contributed by atoms with Gasteiger partial charge in [-0.25, -0.2) is 0 Å². The molecule has 0 fully saturated rings. The van der Waals surface area contributed by atoms with E-state index in [-0.39, 0.29) is 18.6 Å². The first-order valence-electron chi connectivity index (χ1n) is 10.6. The molecule has 0 aliphatic carbocycles. The van der Waals surface area contributed by atoms with E-state index in [4.69, 9.17) is 5.11 Å². The van der Waals surface area contributed by atoms with Crippen LogP contribution in [0.2, 0.25) is 0 Å². The van der Waals surface area contributed by atoms with Crippen LogP contribution in [0.3, 0.4) is 0 Å². The minimum absolute atomic E-state index is 0.0115. The lowest BCUT2D eigenvalue weighted by Gasteiger charge is -2.09. The van der Waals surface area contributed by atoms with E-state index >= 15 is 0 Å². The van der Waals surface area contributed by atoms with E-state index in [0.717, 1.165) is 32.1 Å². The molecule has 0 aromatic heterocycles. The van der Waals surface area contributed by atoms with Gasteiger partial charge in [0.05, 0.1) is 6.61 Å². The van der Waals surface area contributed by atoms with Gasteiger partial charge in [-0.05, 0) is 58.8 Å². The zero-order valence-corrected chi connectivity index (χ0v) is 17.8. The second kappa shape index (κ2) is 19.2. The van der Waals surface area contributed by atoms with Crippen molar-refractivity contribution in [2.75, 3.05) is 6.61 Å². The fourth-order valence-corrected chi connectivity index (χ4v) is 2.51. The lowest BCUT2D eigenvalue weighted by molar-refractivity contribution is -0.122. The second-order valence-corrected chi connectivity index (χ2v) is 7.18. The lowest BCUT2D eigenvalue weighted by Crippen LogP contribution is -2.34. The van der Waals surface area contributed by atoms with Crippen molar-refractivity contribution in [2.24, 2.45) is 0 Å². The normalized spacial score (nSPS) is 13.9. The Morgan fingerprint density at radius 3 is 2.37 bits per heavy atom. The van der Waals surface area contributed by atoms with Crippen molar-refractivity contribution in [2.45, 2.75) is 91.0 Å². The van der Waals surface area contributed by atoms with Crippen molar-refractivity contribution < 1.29 is 9.90 Å². The van der Waals surface area contributed by atoms with Gasteiger partial charge in [0.25, 0.3) is 0 Å². The van der Waals surface area contributed by atoms with E-state index in [9.17, 15) is 4.79 Å². The molecular weight excluding hydrogens is 334 g/mol. The number of hydrogen-bond donors (Lipinski definition) is 2. The predicted octanol–water partition coefficient (Wildman–Crippen LogP) is 6.02. The molecule has 1 atom stereocenters. The van der Waals surface area contributed by atoms with E-state index < -0.39 is 0 Å². The number of nitrogens with one attached hydrogen (secondary N) is 1. The Kier molecular flexibility index (Phi) is 18.0. The third kappa shape index (κ3) is 19.0. The SMILES string of the molecule is CCCCC/C=C\C/C(C)=C\C/C=C\C/C=C\CCCC(=O)N[C@@H](C)CO. The molecule has 2 N–H and O–H groups in total. The van der Waals surface area contributed by atoms with E-state index in [1.54, 1.807) is 6.92 Å². The summed E-state index contributed by atoms with van der Waals surface area (Å²) in [4.78, 5) is 11.5. The molecule has 0 saturated carbocycles. The summed E-state index contributed by atoms with van der Waals surface area (Å²) in [5.74, 6) is 0.0165. The van der Waals surface area contributed by atoms with Crippen LogP contribution in [0.5, 0.6) is 0 Å². The van der Waals surface area contributed by atoms with Gasteiger partial charge in [-0.3, -0.25) is 4.79 Å². The Morgan fingerprint density at radius 1 is 0.963 bits per heavy atom. The van der Waals surface area contributed by atoms with Crippen molar-refractivity contribution in [1.29, 1.82) is 0 Å². The van der Waals surface area contributed by atoms with Crippen LogP contribution in [0.1, 0.15) is 85.0 Å².